The quantitative estimate of drug-likeness (QED) is 0.0627. The zero-order valence-electron chi connectivity index (χ0n) is 37.3. The fourth-order valence-electron chi connectivity index (χ4n) is 9.65. The maximum Gasteiger partial charge on any atom is 0.308 e. The maximum absolute atomic E-state index is 13.6. The minimum atomic E-state index is -0.923. The van der Waals surface area contributed by atoms with Crippen LogP contribution in [0.1, 0.15) is 139 Å². The van der Waals surface area contributed by atoms with E-state index >= 15 is 0 Å². The van der Waals surface area contributed by atoms with Gasteiger partial charge in [0.25, 0.3) is 0 Å². The Hall–Kier alpha value is -6.35. The van der Waals surface area contributed by atoms with E-state index in [2.05, 4.69) is 27.7 Å². The molecule has 1 atom stereocenters. The van der Waals surface area contributed by atoms with E-state index in [1.165, 1.54) is 27.7 Å². The van der Waals surface area contributed by atoms with Gasteiger partial charge in [0.05, 0.1) is 0 Å². The molecule has 0 fully saturated rings. The Labute approximate surface area is 365 Å². The van der Waals surface area contributed by atoms with Crippen LogP contribution in [0.3, 0.4) is 0 Å². The highest BCUT2D eigenvalue weighted by atomic mass is 16.5. The van der Waals surface area contributed by atoms with Crippen molar-refractivity contribution in [3.05, 3.63) is 154 Å². The number of benzene rings is 5. The fourth-order valence-corrected chi connectivity index (χ4v) is 9.65. The Morgan fingerprint density at radius 2 is 0.790 bits per heavy atom. The molecule has 1 unspecified atom stereocenters. The summed E-state index contributed by atoms with van der Waals surface area (Å²) in [6.45, 7) is 15.4. The SMILES string of the molecule is CCC(CC)(c1ccccc1OC(C)=O)C(c1ccccc1CC(C)=O)c1cccc(C(CC)(CC)C(c2ccccc2OC(C)=O)c2ccccc2OC(C)=O)c1OC(C)=O. The average Bonchev–Trinajstić information content (AvgIpc) is 3.23. The summed E-state index contributed by atoms with van der Waals surface area (Å²) in [5.41, 5.74) is 3.50. The number of rotatable bonds is 18. The summed E-state index contributed by atoms with van der Waals surface area (Å²) >= 11 is 0. The van der Waals surface area contributed by atoms with Crippen LogP contribution in [0.5, 0.6) is 23.0 Å². The molecule has 5 aromatic carbocycles. The summed E-state index contributed by atoms with van der Waals surface area (Å²) in [5.74, 6) is -1.75. The third-order valence-corrected chi connectivity index (χ3v) is 12.2. The second-order valence-electron chi connectivity index (χ2n) is 15.8. The summed E-state index contributed by atoms with van der Waals surface area (Å²) in [5, 5.41) is 0. The van der Waals surface area contributed by atoms with Gasteiger partial charge < -0.3 is 18.9 Å². The third-order valence-electron chi connectivity index (χ3n) is 12.2. The summed E-state index contributed by atoms with van der Waals surface area (Å²) in [6, 6.07) is 36.0. The molecule has 0 aliphatic heterocycles. The highest BCUT2D eigenvalue weighted by molar-refractivity contribution is 5.79. The van der Waals surface area contributed by atoms with Gasteiger partial charge in [0, 0.05) is 84.6 Å². The molecule has 0 radical (unpaired) electrons. The van der Waals surface area contributed by atoms with Gasteiger partial charge in [-0.25, -0.2) is 0 Å². The Morgan fingerprint density at radius 1 is 0.419 bits per heavy atom. The number of Topliss-reactive ketones (excluding diaryl/α,β-unsaturated/α-hetero) is 1. The highest BCUT2D eigenvalue weighted by Gasteiger charge is 2.48. The third kappa shape index (κ3) is 9.73. The lowest BCUT2D eigenvalue weighted by Crippen LogP contribution is -2.37. The maximum atomic E-state index is 13.6. The molecule has 62 heavy (non-hydrogen) atoms. The Balaban J connectivity index is 2.01. The molecule has 9 nitrogen and oxygen atoms in total. The first-order chi connectivity index (χ1) is 29.7. The second kappa shape index (κ2) is 20.5. The molecule has 5 aromatic rings. The van der Waals surface area contributed by atoms with Crippen LogP contribution in [0.25, 0.3) is 0 Å². The Kier molecular flexibility index (Phi) is 15.4. The molecule has 0 aromatic heterocycles. The molecule has 0 saturated carbocycles. The predicted octanol–water partition coefficient (Wildman–Crippen LogP) is 11.3. The lowest BCUT2D eigenvalue weighted by Gasteiger charge is -2.45. The van der Waals surface area contributed by atoms with Crippen LogP contribution < -0.4 is 18.9 Å². The molecule has 9 heteroatoms. The van der Waals surface area contributed by atoms with Crippen molar-refractivity contribution in [3.63, 3.8) is 0 Å². The molecular weight excluding hydrogens is 781 g/mol. The number of hydrogen-bond acceptors (Lipinski definition) is 9. The van der Waals surface area contributed by atoms with Crippen molar-refractivity contribution in [2.45, 2.75) is 117 Å². The molecule has 324 valence electrons. The van der Waals surface area contributed by atoms with Gasteiger partial charge in [0.15, 0.2) is 0 Å². The van der Waals surface area contributed by atoms with Crippen LogP contribution in [0.4, 0.5) is 0 Å². The van der Waals surface area contributed by atoms with E-state index in [0.717, 1.165) is 16.7 Å². The van der Waals surface area contributed by atoms with Crippen LogP contribution in [-0.4, -0.2) is 29.7 Å². The van der Waals surface area contributed by atoms with E-state index in [1.807, 2.05) is 84.9 Å². The van der Waals surface area contributed by atoms with Crippen molar-refractivity contribution < 1.29 is 42.9 Å². The van der Waals surface area contributed by atoms with Crippen LogP contribution >= 0.6 is 0 Å². The summed E-state index contributed by atoms with van der Waals surface area (Å²) in [6.07, 6.45) is 2.27. The molecular formula is C53H58O9. The smallest absolute Gasteiger partial charge is 0.308 e. The van der Waals surface area contributed by atoms with E-state index in [0.29, 0.717) is 70.9 Å². The van der Waals surface area contributed by atoms with Gasteiger partial charge in [0.2, 0.25) is 0 Å². The number of carbonyl (C=O) groups excluding carboxylic acids is 5. The van der Waals surface area contributed by atoms with Gasteiger partial charge in [-0.1, -0.05) is 125 Å². The monoisotopic (exact) mass is 838 g/mol. The summed E-state index contributed by atoms with van der Waals surface area (Å²) in [4.78, 5) is 64.6. The van der Waals surface area contributed by atoms with Crippen LogP contribution in [0, 0.1) is 0 Å². The molecule has 0 aliphatic rings. The molecule has 0 saturated heterocycles. The van der Waals surface area contributed by atoms with E-state index < -0.39 is 46.5 Å². The van der Waals surface area contributed by atoms with Crippen molar-refractivity contribution in [1.29, 1.82) is 0 Å². The van der Waals surface area contributed by atoms with E-state index in [1.54, 1.807) is 37.3 Å². The number of ether oxygens (including phenoxy) is 4. The predicted molar refractivity (Wildman–Crippen MR) is 240 cm³/mol. The van der Waals surface area contributed by atoms with Gasteiger partial charge in [-0.3, -0.25) is 24.0 Å². The number of esters is 4. The Bertz CT molecular complexity index is 2360. The van der Waals surface area contributed by atoms with Gasteiger partial charge in [0.1, 0.15) is 28.8 Å². The first-order valence-electron chi connectivity index (χ1n) is 21.4. The molecule has 0 bridgehead atoms. The van der Waals surface area contributed by atoms with Crippen molar-refractivity contribution >= 4 is 29.7 Å². The normalized spacial score (nSPS) is 12.0. The molecule has 0 aliphatic carbocycles. The molecule has 0 amide bonds. The van der Waals surface area contributed by atoms with Crippen molar-refractivity contribution in [2.24, 2.45) is 0 Å². The van der Waals surface area contributed by atoms with E-state index in [9.17, 15) is 24.0 Å². The van der Waals surface area contributed by atoms with E-state index in [4.69, 9.17) is 18.9 Å². The van der Waals surface area contributed by atoms with Gasteiger partial charge in [-0.2, -0.15) is 0 Å². The fraction of sp³-hybridized carbons (Fsp3) is 0.340. The molecule has 5 rings (SSSR count). The van der Waals surface area contributed by atoms with Gasteiger partial charge in [-0.05, 0) is 61.9 Å². The second-order valence-corrected chi connectivity index (χ2v) is 15.8. The zero-order valence-corrected chi connectivity index (χ0v) is 37.3. The summed E-state index contributed by atoms with van der Waals surface area (Å²) < 4.78 is 24.3. The molecule has 0 N–H and O–H groups in total. The largest absolute Gasteiger partial charge is 0.426 e. The number of ketones is 1. The standard InChI is InChI=1S/C53H58O9/c1-10-52(11-2,44-28-18-21-32-48(44)61-37(8)57)49(40-24-15-14-23-39(40)33-34(5)54)43-27-22-29-45(51(43)62-38(9)58)53(12-3,13-4)50(41-25-16-19-30-46(41)59-35(6)55)42-26-17-20-31-47(42)60-36(7)56/h14-32,49-50H,10-13,33H2,1-9H3. The van der Waals surface area contributed by atoms with Crippen molar-refractivity contribution in [3.8, 4) is 23.0 Å². The zero-order chi connectivity index (χ0) is 45.2. The lowest BCUT2D eigenvalue weighted by atomic mass is 9.58. The first kappa shape index (κ1) is 46.7. The summed E-state index contributed by atoms with van der Waals surface area (Å²) in [7, 11) is 0. The van der Waals surface area contributed by atoms with Crippen LogP contribution in [0.2, 0.25) is 0 Å². The minimum Gasteiger partial charge on any atom is -0.426 e. The first-order valence-corrected chi connectivity index (χ1v) is 21.4. The highest BCUT2D eigenvalue weighted by Crippen LogP contribution is 2.58. The number of hydrogen-bond donors (Lipinski definition) is 0. The number of carbonyl (C=O) groups is 5. The van der Waals surface area contributed by atoms with Gasteiger partial charge in [-0.15, -0.1) is 0 Å². The van der Waals surface area contributed by atoms with Crippen molar-refractivity contribution in [1.82, 2.24) is 0 Å². The molecule has 0 spiro atoms. The Morgan fingerprint density at radius 3 is 1.27 bits per heavy atom. The van der Waals surface area contributed by atoms with E-state index in [-0.39, 0.29) is 12.2 Å². The number of para-hydroxylation sites is 4. The van der Waals surface area contributed by atoms with Crippen LogP contribution in [0.15, 0.2) is 115 Å². The average molecular weight is 839 g/mol. The van der Waals surface area contributed by atoms with Crippen LogP contribution in [-0.2, 0) is 41.2 Å². The lowest BCUT2D eigenvalue weighted by molar-refractivity contribution is -0.133. The van der Waals surface area contributed by atoms with Gasteiger partial charge >= 0.3 is 23.9 Å². The topological polar surface area (TPSA) is 122 Å². The minimum absolute atomic E-state index is 0.0132. The van der Waals surface area contributed by atoms with Crippen molar-refractivity contribution in [2.75, 3.05) is 0 Å². The molecule has 0 heterocycles.